The van der Waals surface area contributed by atoms with Crippen LogP contribution in [0.5, 0.6) is 0 Å². The van der Waals surface area contributed by atoms with Crippen LogP contribution in [0.4, 0.5) is 110 Å². The second-order valence-electron chi connectivity index (χ2n) is 17.8. The van der Waals surface area contributed by atoms with Gasteiger partial charge in [0.1, 0.15) is 0 Å². The molecular formula is C48H73F25O18. The van der Waals surface area contributed by atoms with Crippen molar-refractivity contribution in [1.82, 2.24) is 0 Å². The van der Waals surface area contributed by atoms with Gasteiger partial charge in [-0.05, 0) is 0 Å². The lowest BCUT2D eigenvalue weighted by atomic mass is 9.84. The van der Waals surface area contributed by atoms with Gasteiger partial charge in [-0.1, -0.05) is 0 Å². The number of rotatable bonds is 63. The fraction of sp³-hybridized carbons (Fsp3) is 1.00. The van der Waals surface area contributed by atoms with Gasteiger partial charge < -0.3 is 85.6 Å². The number of ether oxygens (including phenoxy) is 17. The number of halogens is 25. The Bertz CT molecular complexity index is 1820. The molecule has 0 aromatic carbocycles. The van der Waals surface area contributed by atoms with Crippen LogP contribution in [0.15, 0.2) is 0 Å². The van der Waals surface area contributed by atoms with E-state index in [0.29, 0.717) is 132 Å². The first-order valence-electron chi connectivity index (χ1n) is 27.0. The van der Waals surface area contributed by atoms with Crippen molar-refractivity contribution in [2.24, 2.45) is 0 Å². The van der Waals surface area contributed by atoms with E-state index in [2.05, 4.69) is 4.74 Å². The highest BCUT2D eigenvalue weighted by molar-refractivity contribution is 5.19. The van der Waals surface area contributed by atoms with Crippen molar-refractivity contribution in [3.8, 4) is 0 Å². The van der Waals surface area contributed by atoms with Gasteiger partial charge in [-0.2, -0.15) is 110 Å². The van der Waals surface area contributed by atoms with Crippen LogP contribution in [0.25, 0.3) is 0 Å². The lowest BCUT2D eigenvalue weighted by molar-refractivity contribution is -0.482. The zero-order chi connectivity index (χ0) is 69.5. The second-order valence-corrected chi connectivity index (χ2v) is 17.8. The van der Waals surface area contributed by atoms with Gasteiger partial charge in [0.25, 0.3) is 0 Å². The summed E-state index contributed by atoms with van der Waals surface area (Å²) in [7, 11) is 0. The number of alkyl halides is 25. The fourth-order valence-corrected chi connectivity index (χ4v) is 6.03. The Morgan fingerprint density at radius 3 is 0.418 bits per heavy atom. The van der Waals surface area contributed by atoms with Crippen molar-refractivity contribution >= 4 is 0 Å². The zero-order valence-corrected chi connectivity index (χ0v) is 48.3. The van der Waals surface area contributed by atoms with Crippen molar-refractivity contribution in [1.29, 1.82) is 0 Å². The van der Waals surface area contributed by atoms with Crippen LogP contribution in [0, 0.1) is 0 Å². The molecule has 0 amide bonds. The van der Waals surface area contributed by atoms with Crippen molar-refractivity contribution in [3.63, 3.8) is 0 Å². The Balaban J connectivity index is 3.99. The number of aliphatic hydroxyl groups excluding tert-OH is 1. The molecule has 0 aliphatic heterocycles. The molecule has 0 atom stereocenters. The van der Waals surface area contributed by atoms with Gasteiger partial charge in [-0.15, -0.1) is 0 Å². The zero-order valence-electron chi connectivity index (χ0n) is 48.3. The molecule has 0 spiro atoms. The van der Waals surface area contributed by atoms with E-state index in [-0.39, 0.29) is 79.3 Å². The Kier molecular flexibility index (Phi) is 42.5. The third kappa shape index (κ3) is 27.9. The summed E-state index contributed by atoms with van der Waals surface area (Å²) in [6.45, 7) is 5.38. The smallest absolute Gasteiger partial charge is 0.394 e. The molecule has 43 heteroatoms. The normalized spacial score (nSPS) is 14.2. The predicted molar refractivity (Wildman–Crippen MR) is 256 cm³/mol. The Hall–Kier alpha value is -2.47. The van der Waals surface area contributed by atoms with E-state index in [1.807, 2.05) is 0 Å². The van der Waals surface area contributed by atoms with Gasteiger partial charge in [0.2, 0.25) is 0 Å². The first kappa shape index (κ1) is 88.5. The van der Waals surface area contributed by atoms with Crippen LogP contribution in [-0.2, 0) is 80.5 Å². The third-order valence-corrected chi connectivity index (χ3v) is 11.1. The lowest BCUT2D eigenvalue weighted by Gasteiger charge is -2.45. The average Bonchev–Trinajstić information content (AvgIpc) is 0.689. The van der Waals surface area contributed by atoms with Crippen molar-refractivity contribution in [2.45, 2.75) is 77.7 Å². The van der Waals surface area contributed by atoms with Crippen LogP contribution in [-0.4, -0.2) is 308 Å². The summed E-state index contributed by atoms with van der Waals surface area (Å²) in [5, 5.41) is 8.59. The summed E-state index contributed by atoms with van der Waals surface area (Å²) in [5.74, 6) is -98.8. The molecule has 0 heterocycles. The molecule has 0 saturated heterocycles. The summed E-state index contributed by atoms with van der Waals surface area (Å²) in [5.41, 5.74) is 0. The van der Waals surface area contributed by atoms with Crippen LogP contribution >= 0.6 is 0 Å². The van der Waals surface area contributed by atoms with Gasteiger partial charge in [0, 0.05) is 6.42 Å². The molecule has 18 nitrogen and oxygen atoms in total. The molecule has 0 unspecified atom stereocenters. The van der Waals surface area contributed by atoms with E-state index in [1.54, 1.807) is 0 Å². The molecule has 0 saturated carbocycles. The maximum Gasteiger partial charge on any atom is 0.460 e. The predicted octanol–water partition coefficient (Wildman–Crippen LogP) is 8.20. The molecule has 0 aromatic rings. The first-order chi connectivity index (χ1) is 42.3. The minimum atomic E-state index is -9.64. The Labute approximate surface area is 504 Å². The summed E-state index contributed by atoms with van der Waals surface area (Å²) >= 11 is 0. The molecule has 548 valence electrons. The highest BCUT2D eigenvalue weighted by atomic mass is 19.4. The van der Waals surface area contributed by atoms with Crippen molar-refractivity contribution in [2.75, 3.05) is 231 Å². The SMILES string of the molecule is OCCOCCOCCOCCOCCOCCOCCOCCOCCOCCOCCOCCOCCOCCOCCOCCOCCOCCC(F)(F)C(F)(F)C(F)(F)C(F)(F)C(F)(F)C(F)(F)C(F)(F)C(F)(F)C(F)(F)C(F)(F)C(F)(F)C(F)(F)F. The molecule has 91 heavy (non-hydrogen) atoms. The van der Waals surface area contributed by atoms with E-state index in [4.69, 9.17) is 80.9 Å². The molecule has 0 fully saturated rings. The monoisotopic (exact) mass is 1410 g/mol. The molecule has 0 rings (SSSR count). The molecule has 0 aromatic heterocycles. The quantitative estimate of drug-likeness (QED) is 0.0455. The molecule has 0 aliphatic carbocycles. The first-order valence-corrected chi connectivity index (χ1v) is 27.0. The fourth-order valence-electron chi connectivity index (χ4n) is 6.03. The Morgan fingerprint density at radius 2 is 0.275 bits per heavy atom. The van der Waals surface area contributed by atoms with Crippen molar-refractivity contribution < 1.29 is 195 Å². The van der Waals surface area contributed by atoms with E-state index < -0.39 is 97.6 Å². The van der Waals surface area contributed by atoms with Crippen LogP contribution in [0.2, 0.25) is 0 Å². The largest absolute Gasteiger partial charge is 0.460 e. The topological polar surface area (TPSA) is 177 Å². The Morgan fingerprint density at radius 1 is 0.154 bits per heavy atom. The van der Waals surface area contributed by atoms with E-state index in [1.165, 1.54) is 0 Å². The van der Waals surface area contributed by atoms with Crippen LogP contribution < -0.4 is 0 Å². The molecule has 0 aliphatic rings. The number of hydrogen-bond donors (Lipinski definition) is 1. The summed E-state index contributed by atoms with van der Waals surface area (Å²) in [6.07, 6.45) is -11.2. The summed E-state index contributed by atoms with van der Waals surface area (Å²) < 4.78 is 430. The van der Waals surface area contributed by atoms with Gasteiger partial charge in [-0.25, -0.2) is 0 Å². The van der Waals surface area contributed by atoms with E-state index in [0.717, 1.165) is 0 Å². The van der Waals surface area contributed by atoms with E-state index >= 15 is 0 Å². The maximum atomic E-state index is 14.2. The summed E-state index contributed by atoms with van der Waals surface area (Å²) in [6, 6.07) is 0. The second kappa shape index (κ2) is 43.7. The minimum Gasteiger partial charge on any atom is -0.394 e. The number of hydrogen-bond acceptors (Lipinski definition) is 18. The average molecular weight is 1410 g/mol. The van der Waals surface area contributed by atoms with Gasteiger partial charge >= 0.3 is 71.3 Å². The minimum absolute atomic E-state index is 0.0209. The molecule has 1 N–H and O–H groups in total. The van der Waals surface area contributed by atoms with Crippen LogP contribution in [0.1, 0.15) is 6.42 Å². The van der Waals surface area contributed by atoms with Crippen molar-refractivity contribution in [3.05, 3.63) is 0 Å². The maximum absolute atomic E-state index is 14.2. The lowest BCUT2D eigenvalue weighted by Crippen LogP contribution is -2.78. The molecule has 0 radical (unpaired) electrons. The summed E-state index contributed by atoms with van der Waals surface area (Å²) in [4.78, 5) is 0. The molecular weight excluding hydrogens is 1340 g/mol. The third-order valence-electron chi connectivity index (χ3n) is 11.1. The highest BCUT2D eigenvalue weighted by Crippen LogP contribution is 2.68. The standard InChI is InChI=1S/C48H73F25O18/c49-37(50,38(51,52)39(53,54)40(55,56)41(57,58)42(59,60)43(61,62)44(63,64)45(65,66)46(67,68)47(69,70)48(71,72)73)1-3-75-5-7-77-9-11-79-13-15-81-17-19-83-21-23-85-25-27-87-29-31-89-33-35-91-36-34-90-32-30-88-28-26-86-24-22-84-20-18-82-16-14-80-12-10-78-8-6-76-4-2-74/h74H,1-36H2. The van der Waals surface area contributed by atoms with Gasteiger partial charge in [0.05, 0.1) is 231 Å². The van der Waals surface area contributed by atoms with E-state index in [9.17, 15) is 110 Å². The number of aliphatic hydroxyl groups is 1. The molecule has 0 bridgehead atoms. The van der Waals surface area contributed by atoms with Crippen LogP contribution in [0.3, 0.4) is 0 Å². The van der Waals surface area contributed by atoms with Gasteiger partial charge in [0.15, 0.2) is 0 Å². The van der Waals surface area contributed by atoms with Gasteiger partial charge in [-0.3, -0.25) is 0 Å². The highest BCUT2D eigenvalue weighted by Gasteiger charge is 2.99.